The summed E-state index contributed by atoms with van der Waals surface area (Å²) in [6.07, 6.45) is -5.04. The summed E-state index contributed by atoms with van der Waals surface area (Å²) < 4.78 is 80.8. The third-order valence-corrected chi connectivity index (χ3v) is 6.70. The minimum atomic E-state index is -5.05. The van der Waals surface area contributed by atoms with Crippen LogP contribution in [0.2, 0.25) is 0 Å². The quantitative estimate of drug-likeness (QED) is 0.509. The van der Waals surface area contributed by atoms with E-state index >= 15 is 0 Å². The molecule has 2 aliphatic rings. The molecule has 2 unspecified atom stereocenters. The van der Waals surface area contributed by atoms with Gasteiger partial charge in [0.1, 0.15) is 0 Å². The summed E-state index contributed by atoms with van der Waals surface area (Å²) in [5.74, 6) is -2.17. The topological polar surface area (TPSA) is 58.2 Å². The van der Waals surface area contributed by atoms with Crippen molar-refractivity contribution in [3.05, 3.63) is 70.3 Å². The summed E-state index contributed by atoms with van der Waals surface area (Å²) in [7, 11) is 0. The molecule has 1 saturated carbocycles. The predicted octanol–water partition coefficient (Wildman–Crippen LogP) is 5.99. The Kier molecular flexibility index (Phi) is 6.83. The first-order valence-electron chi connectivity index (χ1n) is 11.4. The molecular weight excluding hydrogens is 474 g/mol. The fourth-order valence-electron chi connectivity index (χ4n) is 4.93. The van der Waals surface area contributed by atoms with E-state index in [1.54, 1.807) is 12.1 Å². The number of alkyl halides is 6. The Morgan fingerprint density at radius 3 is 2.11 bits per heavy atom. The van der Waals surface area contributed by atoms with Crippen molar-refractivity contribution in [2.45, 2.75) is 56.4 Å². The van der Waals surface area contributed by atoms with Gasteiger partial charge in [0.05, 0.1) is 23.1 Å². The van der Waals surface area contributed by atoms with Crippen molar-refractivity contribution in [1.82, 2.24) is 10.6 Å². The molecule has 2 atom stereocenters. The Hall–Kier alpha value is -3.04. The number of benzene rings is 2. The third-order valence-electron chi connectivity index (χ3n) is 6.70. The molecule has 1 heterocycles. The number of halogens is 6. The maximum atomic E-state index is 13.5. The molecule has 35 heavy (non-hydrogen) atoms. The van der Waals surface area contributed by atoms with Crippen LogP contribution in [0.3, 0.4) is 0 Å². The minimum absolute atomic E-state index is 0.0280. The Bertz CT molecular complexity index is 1070. The SMILES string of the molecule is O=C1NC(c2cc(C(F)(F)F)cc(C(F)(F)F)c2)C(C(=O)NCC2CCCCC2)c2ccccc21. The zero-order chi connectivity index (χ0) is 25.4. The second kappa shape index (κ2) is 9.54. The van der Waals surface area contributed by atoms with Gasteiger partial charge in [-0.1, -0.05) is 37.5 Å². The molecule has 2 aromatic carbocycles. The van der Waals surface area contributed by atoms with Crippen LogP contribution in [0.4, 0.5) is 26.3 Å². The van der Waals surface area contributed by atoms with Crippen LogP contribution in [0, 0.1) is 5.92 Å². The van der Waals surface area contributed by atoms with E-state index in [-0.39, 0.29) is 23.1 Å². The monoisotopic (exact) mass is 498 g/mol. The van der Waals surface area contributed by atoms with E-state index in [1.807, 2.05) is 0 Å². The molecule has 0 bridgehead atoms. The minimum Gasteiger partial charge on any atom is -0.355 e. The Morgan fingerprint density at radius 2 is 1.51 bits per heavy atom. The van der Waals surface area contributed by atoms with E-state index in [9.17, 15) is 35.9 Å². The van der Waals surface area contributed by atoms with Gasteiger partial charge < -0.3 is 10.6 Å². The van der Waals surface area contributed by atoms with E-state index in [2.05, 4.69) is 10.6 Å². The van der Waals surface area contributed by atoms with Crippen molar-refractivity contribution in [2.75, 3.05) is 6.54 Å². The van der Waals surface area contributed by atoms with Gasteiger partial charge in [-0.2, -0.15) is 26.3 Å². The van der Waals surface area contributed by atoms with Crippen LogP contribution >= 0.6 is 0 Å². The maximum Gasteiger partial charge on any atom is 0.416 e. The van der Waals surface area contributed by atoms with Gasteiger partial charge in [0.25, 0.3) is 5.91 Å². The predicted molar refractivity (Wildman–Crippen MR) is 115 cm³/mol. The van der Waals surface area contributed by atoms with Gasteiger partial charge in [-0.3, -0.25) is 9.59 Å². The fraction of sp³-hybridized carbons (Fsp3) is 0.440. The van der Waals surface area contributed by atoms with Crippen molar-refractivity contribution in [3.8, 4) is 0 Å². The van der Waals surface area contributed by atoms with Gasteiger partial charge in [-0.15, -0.1) is 0 Å². The summed E-state index contributed by atoms with van der Waals surface area (Å²) >= 11 is 0. The maximum absolute atomic E-state index is 13.5. The smallest absolute Gasteiger partial charge is 0.355 e. The first kappa shape index (κ1) is 25.1. The zero-order valence-corrected chi connectivity index (χ0v) is 18.6. The van der Waals surface area contributed by atoms with Gasteiger partial charge in [-0.25, -0.2) is 0 Å². The number of hydrogen-bond donors (Lipinski definition) is 2. The molecule has 0 saturated heterocycles. The van der Waals surface area contributed by atoms with Crippen molar-refractivity contribution in [3.63, 3.8) is 0 Å². The molecule has 0 radical (unpaired) electrons. The van der Waals surface area contributed by atoms with E-state index in [4.69, 9.17) is 0 Å². The summed E-state index contributed by atoms with van der Waals surface area (Å²) in [5.41, 5.74) is -3.03. The first-order chi connectivity index (χ1) is 16.4. The highest BCUT2D eigenvalue weighted by Crippen LogP contribution is 2.42. The molecule has 2 N–H and O–H groups in total. The van der Waals surface area contributed by atoms with Gasteiger partial charge in [0, 0.05) is 12.1 Å². The lowest BCUT2D eigenvalue weighted by molar-refractivity contribution is -0.143. The van der Waals surface area contributed by atoms with E-state index in [0.717, 1.165) is 32.1 Å². The molecule has 2 amide bonds. The van der Waals surface area contributed by atoms with Crippen LogP contribution in [0.5, 0.6) is 0 Å². The van der Waals surface area contributed by atoms with Crippen LogP contribution in [0.25, 0.3) is 0 Å². The summed E-state index contributed by atoms with van der Waals surface area (Å²) in [4.78, 5) is 26.1. The fourth-order valence-corrected chi connectivity index (χ4v) is 4.93. The molecule has 10 heteroatoms. The molecule has 0 aromatic heterocycles. The van der Waals surface area contributed by atoms with E-state index in [0.29, 0.717) is 18.7 Å². The lowest BCUT2D eigenvalue weighted by Gasteiger charge is -2.34. The summed E-state index contributed by atoms with van der Waals surface area (Å²) in [6, 6.07) is 5.86. The molecule has 4 nitrogen and oxygen atoms in total. The second-order valence-electron chi connectivity index (χ2n) is 9.10. The van der Waals surface area contributed by atoms with Gasteiger partial charge in [0.15, 0.2) is 0 Å². The molecule has 0 spiro atoms. The number of amides is 2. The highest BCUT2D eigenvalue weighted by Gasteiger charge is 2.42. The van der Waals surface area contributed by atoms with Crippen molar-refractivity contribution < 1.29 is 35.9 Å². The average molecular weight is 498 g/mol. The van der Waals surface area contributed by atoms with Crippen LogP contribution in [-0.2, 0) is 17.1 Å². The Balaban J connectivity index is 1.76. The molecule has 1 aliphatic heterocycles. The van der Waals surface area contributed by atoms with Gasteiger partial charge in [-0.05, 0) is 54.2 Å². The lowest BCUT2D eigenvalue weighted by atomic mass is 9.79. The number of carbonyl (C=O) groups is 2. The largest absolute Gasteiger partial charge is 0.416 e. The van der Waals surface area contributed by atoms with Gasteiger partial charge >= 0.3 is 12.4 Å². The number of rotatable bonds is 4. The summed E-state index contributed by atoms with van der Waals surface area (Å²) in [5, 5.41) is 5.31. The average Bonchev–Trinajstić information content (AvgIpc) is 2.82. The summed E-state index contributed by atoms with van der Waals surface area (Å²) in [6.45, 7) is 0.356. The number of hydrogen-bond acceptors (Lipinski definition) is 2. The standard InChI is InChI=1S/C25H24F6N2O2/c26-24(27,28)16-10-15(11-17(12-16)25(29,30)31)21-20(18-8-4-5-9-19(18)22(34)33-21)23(35)32-13-14-6-2-1-3-7-14/h4-5,8-12,14,20-21H,1-3,6-7,13H2,(H,32,35)(H,33,34). The normalized spacial score (nSPS) is 21.3. The lowest BCUT2D eigenvalue weighted by Crippen LogP contribution is -2.45. The Morgan fingerprint density at radius 1 is 0.914 bits per heavy atom. The second-order valence-corrected chi connectivity index (χ2v) is 9.10. The molecule has 4 rings (SSSR count). The molecule has 188 valence electrons. The zero-order valence-electron chi connectivity index (χ0n) is 18.6. The number of nitrogens with one attached hydrogen (secondary N) is 2. The van der Waals surface area contributed by atoms with Crippen LogP contribution in [0.15, 0.2) is 42.5 Å². The molecular formula is C25H24F6N2O2. The van der Waals surface area contributed by atoms with E-state index in [1.165, 1.54) is 12.1 Å². The van der Waals surface area contributed by atoms with E-state index < -0.39 is 52.8 Å². The van der Waals surface area contributed by atoms with Gasteiger partial charge in [0.2, 0.25) is 5.91 Å². The van der Waals surface area contributed by atoms with Crippen molar-refractivity contribution in [2.24, 2.45) is 5.92 Å². The number of fused-ring (bicyclic) bond motifs is 1. The molecule has 2 aromatic rings. The van der Waals surface area contributed by atoms with Crippen molar-refractivity contribution in [1.29, 1.82) is 0 Å². The van der Waals surface area contributed by atoms with Crippen LogP contribution in [-0.4, -0.2) is 18.4 Å². The highest BCUT2D eigenvalue weighted by atomic mass is 19.4. The van der Waals surface area contributed by atoms with Crippen LogP contribution < -0.4 is 10.6 Å². The molecule has 1 aliphatic carbocycles. The van der Waals surface area contributed by atoms with Crippen molar-refractivity contribution >= 4 is 11.8 Å². The Labute approximate surface area is 198 Å². The first-order valence-corrected chi connectivity index (χ1v) is 11.4. The highest BCUT2D eigenvalue weighted by molar-refractivity contribution is 6.01. The van der Waals surface area contributed by atoms with Crippen LogP contribution in [0.1, 0.15) is 76.7 Å². The molecule has 1 fully saturated rings. The third kappa shape index (κ3) is 5.46. The number of carbonyl (C=O) groups excluding carboxylic acids is 2.